The summed E-state index contributed by atoms with van der Waals surface area (Å²) in [5.74, 6) is 0.826. The van der Waals surface area contributed by atoms with E-state index in [1.807, 2.05) is 11.3 Å². The summed E-state index contributed by atoms with van der Waals surface area (Å²) in [5, 5.41) is 3.84. The standard InChI is InChI=1S/C17H29NS/c1-5-13-10-11-14(19-13)12-18-16-9-7-6-8-15(16)17(2,3)4/h10-11,15-16,18H,5-9,12H2,1-4H3. The Kier molecular flexibility index (Phi) is 5.08. The second-order valence-corrected chi connectivity index (χ2v) is 8.22. The monoisotopic (exact) mass is 279 g/mol. The molecule has 2 unspecified atom stereocenters. The molecular formula is C17H29NS. The van der Waals surface area contributed by atoms with Gasteiger partial charge in [0.25, 0.3) is 0 Å². The van der Waals surface area contributed by atoms with Gasteiger partial charge < -0.3 is 5.32 Å². The molecule has 0 amide bonds. The van der Waals surface area contributed by atoms with Gasteiger partial charge in [0.15, 0.2) is 0 Å². The Morgan fingerprint density at radius 1 is 1.16 bits per heavy atom. The molecule has 1 aromatic heterocycles. The highest BCUT2D eigenvalue weighted by Gasteiger charge is 2.33. The van der Waals surface area contributed by atoms with E-state index in [9.17, 15) is 0 Å². The van der Waals surface area contributed by atoms with Crippen LogP contribution in [-0.2, 0) is 13.0 Å². The van der Waals surface area contributed by atoms with Crippen molar-refractivity contribution in [1.29, 1.82) is 0 Å². The van der Waals surface area contributed by atoms with E-state index in [2.05, 4.69) is 45.1 Å². The molecule has 0 aliphatic heterocycles. The van der Waals surface area contributed by atoms with Gasteiger partial charge in [0.1, 0.15) is 0 Å². The zero-order chi connectivity index (χ0) is 13.9. The molecule has 2 rings (SSSR count). The first-order valence-corrected chi connectivity index (χ1v) is 8.63. The maximum Gasteiger partial charge on any atom is 0.0302 e. The van der Waals surface area contributed by atoms with Crippen molar-refractivity contribution in [2.24, 2.45) is 11.3 Å². The van der Waals surface area contributed by atoms with Crippen LogP contribution in [0.25, 0.3) is 0 Å². The molecular weight excluding hydrogens is 250 g/mol. The summed E-state index contributed by atoms with van der Waals surface area (Å²) in [6, 6.07) is 5.29. The molecule has 0 saturated heterocycles. The first-order chi connectivity index (χ1) is 9.00. The average molecular weight is 279 g/mol. The molecule has 1 aliphatic carbocycles. The average Bonchev–Trinajstić information content (AvgIpc) is 2.83. The highest BCUT2D eigenvalue weighted by molar-refractivity contribution is 7.11. The quantitative estimate of drug-likeness (QED) is 0.817. The van der Waals surface area contributed by atoms with Crippen molar-refractivity contribution >= 4 is 11.3 Å². The zero-order valence-corrected chi connectivity index (χ0v) is 13.8. The largest absolute Gasteiger partial charge is 0.309 e. The molecule has 1 N–H and O–H groups in total. The van der Waals surface area contributed by atoms with Gasteiger partial charge in [-0.1, -0.05) is 40.5 Å². The molecule has 1 fully saturated rings. The lowest BCUT2D eigenvalue weighted by Crippen LogP contribution is -2.43. The summed E-state index contributed by atoms with van der Waals surface area (Å²) >= 11 is 1.97. The first kappa shape index (κ1) is 15.1. The van der Waals surface area contributed by atoms with Crippen LogP contribution in [0.1, 0.15) is 63.1 Å². The van der Waals surface area contributed by atoms with Crippen LogP contribution in [0.15, 0.2) is 12.1 Å². The van der Waals surface area contributed by atoms with Gasteiger partial charge in [0.2, 0.25) is 0 Å². The Hall–Kier alpha value is -0.340. The fraction of sp³-hybridized carbons (Fsp3) is 0.765. The second-order valence-electron chi connectivity index (χ2n) is 6.97. The van der Waals surface area contributed by atoms with E-state index in [0.29, 0.717) is 11.5 Å². The molecule has 0 spiro atoms. The Bertz CT molecular complexity index is 388. The van der Waals surface area contributed by atoms with Gasteiger partial charge in [0.05, 0.1) is 0 Å². The van der Waals surface area contributed by atoms with Gasteiger partial charge in [-0.25, -0.2) is 0 Å². The van der Waals surface area contributed by atoms with Crippen LogP contribution in [0.5, 0.6) is 0 Å². The molecule has 108 valence electrons. The van der Waals surface area contributed by atoms with Crippen LogP contribution in [-0.4, -0.2) is 6.04 Å². The fourth-order valence-electron chi connectivity index (χ4n) is 3.35. The fourth-order valence-corrected chi connectivity index (χ4v) is 4.26. The lowest BCUT2D eigenvalue weighted by molar-refractivity contribution is 0.130. The third kappa shape index (κ3) is 4.06. The Morgan fingerprint density at radius 3 is 2.47 bits per heavy atom. The second kappa shape index (κ2) is 6.41. The molecule has 1 nitrogen and oxygen atoms in total. The number of nitrogens with one attached hydrogen (secondary N) is 1. The normalized spacial score (nSPS) is 24.6. The topological polar surface area (TPSA) is 12.0 Å². The number of hydrogen-bond acceptors (Lipinski definition) is 2. The first-order valence-electron chi connectivity index (χ1n) is 7.81. The lowest BCUT2D eigenvalue weighted by Gasteiger charge is -2.41. The van der Waals surface area contributed by atoms with Crippen molar-refractivity contribution in [1.82, 2.24) is 5.32 Å². The van der Waals surface area contributed by atoms with Gasteiger partial charge >= 0.3 is 0 Å². The Labute approximate surface area is 122 Å². The highest BCUT2D eigenvalue weighted by Crippen LogP contribution is 2.38. The van der Waals surface area contributed by atoms with Crippen LogP contribution in [0.2, 0.25) is 0 Å². The molecule has 0 radical (unpaired) electrons. The maximum absolute atomic E-state index is 3.84. The third-order valence-electron chi connectivity index (χ3n) is 4.48. The summed E-state index contributed by atoms with van der Waals surface area (Å²) in [5.41, 5.74) is 0.433. The van der Waals surface area contributed by atoms with E-state index in [0.717, 1.165) is 12.5 Å². The molecule has 2 atom stereocenters. The van der Waals surface area contributed by atoms with E-state index in [-0.39, 0.29) is 0 Å². The number of hydrogen-bond donors (Lipinski definition) is 1. The van der Waals surface area contributed by atoms with Crippen molar-refractivity contribution < 1.29 is 0 Å². The van der Waals surface area contributed by atoms with Crippen molar-refractivity contribution in [3.05, 3.63) is 21.9 Å². The van der Waals surface area contributed by atoms with Crippen molar-refractivity contribution in [3.8, 4) is 0 Å². The zero-order valence-electron chi connectivity index (χ0n) is 13.0. The predicted molar refractivity (Wildman–Crippen MR) is 85.7 cm³/mol. The minimum atomic E-state index is 0.433. The van der Waals surface area contributed by atoms with E-state index < -0.39 is 0 Å². The highest BCUT2D eigenvalue weighted by atomic mass is 32.1. The number of aryl methyl sites for hydroxylation is 1. The number of thiophene rings is 1. The minimum absolute atomic E-state index is 0.433. The predicted octanol–water partition coefficient (Wildman–Crippen LogP) is 5.01. The Morgan fingerprint density at radius 2 is 1.84 bits per heavy atom. The van der Waals surface area contributed by atoms with E-state index in [1.54, 1.807) is 0 Å². The minimum Gasteiger partial charge on any atom is -0.309 e. The smallest absolute Gasteiger partial charge is 0.0302 e. The van der Waals surface area contributed by atoms with Gasteiger partial charge in [0, 0.05) is 22.3 Å². The molecule has 1 aromatic rings. The van der Waals surface area contributed by atoms with Gasteiger partial charge in [-0.15, -0.1) is 11.3 Å². The van der Waals surface area contributed by atoms with Crippen LogP contribution in [0, 0.1) is 11.3 Å². The molecule has 1 saturated carbocycles. The lowest BCUT2D eigenvalue weighted by atomic mass is 9.69. The van der Waals surface area contributed by atoms with Crippen LogP contribution in [0.4, 0.5) is 0 Å². The van der Waals surface area contributed by atoms with Gasteiger partial charge in [-0.3, -0.25) is 0 Å². The van der Waals surface area contributed by atoms with Crippen molar-refractivity contribution in [3.63, 3.8) is 0 Å². The van der Waals surface area contributed by atoms with Gasteiger partial charge in [-0.2, -0.15) is 0 Å². The van der Waals surface area contributed by atoms with Crippen molar-refractivity contribution in [2.75, 3.05) is 0 Å². The number of rotatable bonds is 4. The molecule has 0 aromatic carbocycles. The Balaban J connectivity index is 1.92. The van der Waals surface area contributed by atoms with E-state index >= 15 is 0 Å². The maximum atomic E-state index is 3.84. The summed E-state index contributed by atoms with van der Waals surface area (Å²) < 4.78 is 0. The molecule has 1 aliphatic rings. The van der Waals surface area contributed by atoms with Gasteiger partial charge in [-0.05, 0) is 42.7 Å². The van der Waals surface area contributed by atoms with Crippen LogP contribution in [0.3, 0.4) is 0 Å². The van der Waals surface area contributed by atoms with Crippen molar-refractivity contribution in [2.45, 2.75) is 72.4 Å². The van der Waals surface area contributed by atoms with E-state index in [4.69, 9.17) is 0 Å². The van der Waals surface area contributed by atoms with Crippen LogP contribution < -0.4 is 5.32 Å². The summed E-state index contributed by atoms with van der Waals surface area (Å²) in [6.45, 7) is 10.5. The molecule has 0 bridgehead atoms. The molecule has 19 heavy (non-hydrogen) atoms. The van der Waals surface area contributed by atoms with Crippen LogP contribution >= 0.6 is 11.3 Å². The molecule has 1 heterocycles. The third-order valence-corrected chi connectivity index (χ3v) is 5.71. The summed E-state index contributed by atoms with van der Waals surface area (Å²) in [4.78, 5) is 3.00. The SMILES string of the molecule is CCc1ccc(CNC2CCCCC2C(C)(C)C)s1. The van der Waals surface area contributed by atoms with E-state index in [1.165, 1.54) is 41.9 Å². The summed E-state index contributed by atoms with van der Waals surface area (Å²) in [7, 11) is 0. The summed E-state index contributed by atoms with van der Waals surface area (Å²) in [6.07, 6.45) is 6.73. The molecule has 2 heteroatoms.